The molecule has 4 rings (SSSR count). The van der Waals surface area contributed by atoms with E-state index in [1.54, 1.807) is 31.2 Å². The lowest BCUT2D eigenvalue weighted by Gasteiger charge is -2.32. The maximum absolute atomic E-state index is 13.5. The van der Waals surface area contributed by atoms with Crippen LogP contribution in [0.1, 0.15) is 25.3 Å². The summed E-state index contributed by atoms with van der Waals surface area (Å²) < 4.78 is 24.9. The van der Waals surface area contributed by atoms with E-state index in [4.69, 9.17) is 9.15 Å². The van der Waals surface area contributed by atoms with E-state index in [-0.39, 0.29) is 12.5 Å². The Morgan fingerprint density at radius 2 is 1.94 bits per heavy atom. The minimum atomic E-state index is -0.912. The van der Waals surface area contributed by atoms with Gasteiger partial charge in [-0.3, -0.25) is 9.59 Å². The fourth-order valence-electron chi connectivity index (χ4n) is 4.22. The zero-order valence-corrected chi connectivity index (χ0v) is 18.3. The lowest BCUT2D eigenvalue weighted by atomic mass is 9.98. The fraction of sp³-hybridized carbons (Fsp3) is 0.320. The van der Waals surface area contributed by atoms with Crippen molar-refractivity contribution in [1.82, 2.24) is 4.90 Å². The molecule has 1 aliphatic rings. The molecule has 7 nitrogen and oxygen atoms in total. The molecule has 172 valence electrons. The number of hydrogen-bond acceptors (Lipinski definition) is 5. The monoisotopic (exact) mass is 453 g/mol. The molecule has 0 bridgehead atoms. The third kappa shape index (κ3) is 4.74. The van der Waals surface area contributed by atoms with Crippen LogP contribution in [-0.4, -0.2) is 41.1 Å². The number of hydrogen-bond donors (Lipinski definition) is 1. The topological polar surface area (TPSA) is 97.0 Å². The minimum absolute atomic E-state index is 0.145. The Kier molecular flexibility index (Phi) is 6.18. The van der Waals surface area contributed by atoms with Gasteiger partial charge in [-0.1, -0.05) is 12.1 Å². The lowest BCUT2D eigenvalue weighted by molar-refractivity contribution is -0.147. The van der Waals surface area contributed by atoms with E-state index in [2.05, 4.69) is 0 Å². The van der Waals surface area contributed by atoms with Crippen LogP contribution < -0.4 is 10.4 Å². The van der Waals surface area contributed by atoms with Crippen LogP contribution in [0.25, 0.3) is 22.1 Å². The summed E-state index contributed by atoms with van der Waals surface area (Å²) in [5.41, 5.74) is 1.60. The average molecular weight is 453 g/mol. The van der Waals surface area contributed by atoms with E-state index in [9.17, 15) is 23.9 Å². The van der Waals surface area contributed by atoms with Gasteiger partial charge in [0.1, 0.15) is 17.1 Å². The average Bonchev–Trinajstić information content (AvgIpc) is 2.78. The van der Waals surface area contributed by atoms with Gasteiger partial charge < -0.3 is 19.2 Å². The molecule has 0 saturated carbocycles. The van der Waals surface area contributed by atoms with Gasteiger partial charge in [0.2, 0.25) is 0 Å². The number of halogens is 1. The largest absolute Gasteiger partial charge is 0.481 e. The third-order valence-electron chi connectivity index (χ3n) is 5.84. The van der Waals surface area contributed by atoms with Crippen molar-refractivity contribution in [3.05, 3.63) is 64.3 Å². The van der Waals surface area contributed by atoms with E-state index in [0.717, 1.165) is 5.56 Å². The highest BCUT2D eigenvalue weighted by Gasteiger charge is 2.31. The number of amides is 1. The summed E-state index contributed by atoms with van der Waals surface area (Å²) in [4.78, 5) is 38.1. The first-order valence-electron chi connectivity index (χ1n) is 10.8. The Bertz CT molecular complexity index is 1270. The zero-order valence-electron chi connectivity index (χ0n) is 18.3. The number of carboxylic acids is 1. The van der Waals surface area contributed by atoms with Gasteiger partial charge in [-0.2, -0.15) is 0 Å². The maximum Gasteiger partial charge on any atom is 0.336 e. The molecule has 2 heterocycles. The van der Waals surface area contributed by atoms with Crippen LogP contribution in [0.5, 0.6) is 5.75 Å². The van der Waals surface area contributed by atoms with E-state index < -0.39 is 29.4 Å². The van der Waals surface area contributed by atoms with Crippen molar-refractivity contribution in [3.8, 4) is 16.9 Å². The van der Waals surface area contributed by atoms with Gasteiger partial charge >= 0.3 is 11.6 Å². The van der Waals surface area contributed by atoms with Crippen molar-refractivity contribution in [1.29, 1.82) is 0 Å². The third-order valence-corrected chi connectivity index (χ3v) is 5.84. The highest BCUT2D eigenvalue weighted by molar-refractivity contribution is 5.98. The molecule has 1 fully saturated rings. The second-order valence-electron chi connectivity index (χ2n) is 8.34. The number of carbonyl (C=O) groups is 2. The molecular weight excluding hydrogens is 429 g/mol. The zero-order chi connectivity index (χ0) is 23.7. The van der Waals surface area contributed by atoms with Crippen LogP contribution >= 0.6 is 0 Å². The van der Waals surface area contributed by atoms with Crippen LogP contribution in [0.2, 0.25) is 0 Å². The number of fused-ring (bicyclic) bond motifs is 1. The number of benzene rings is 2. The van der Waals surface area contributed by atoms with Gasteiger partial charge in [-0.15, -0.1) is 0 Å². The predicted molar refractivity (Wildman–Crippen MR) is 120 cm³/mol. The molecule has 3 aromatic rings. The number of piperidine rings is 1. The molecule has 2 aromatic carbocycles. The highest BCUT2D eigenvalue weighted by Crippen LogP contribution is 2.36. The molecule has 8 heteroatoms. The molecule has 1 aliphatic heterocycles. The van der Waals surface area contributed by atoms with Crippen LogP contribution in [0, 0.1) is 18.7 Å². The predicted octanol–water partition coefficient (Wildman–Crippen LogP) is 4.00. The second kappa shape index (κ2) is 9.05. The Morgan fingerprint density at radius 3 is 2.64 bits per heavy atom. The van der Waals surface area contributed by atoms with Gasteiger partial charge in [0.25, 0.3) is 5.91 Å². The molecule has 1 saturated heterocycles. The summed E-state index contributed by atoms with van der Waals surface area (Å²) in [6, 6.07) is 10.5. The Labute approximate surface area is 189 Å². The molecule has 33 heavy (non-hydrogen) atoms. The standard InChI is InChI=1S/C25H24FNO6/c1-14-10-20(32-15(2)24(29)27-9-3-4-17(13-27)25(30)31)23-19(12-22(28)33-21(23)11-14)16-5-7-18(26)8-6-16/h5-8,10-12,15,17H,3-4,9,13H2,1-2H3,(H,30,31)/t15-,17?/m1/s1. The van der Waals surface area contributed by atoms with Gasteiger partial charge in [0.05, 0.1) is 11.3 Å². The number of rotatable bonds is 5. The van der Waals surface area contributed by atoms with E-state index in [0.29, 0.717) is 47.2 Å². The van der Waals surface area contributed by atoms with Crippen molar-refractivity contribution in [2.24, 2.45) is 5.92 Å². The molecule has 2 atom stereocenters. The Hall–Kier alpha value is -3.68. The second-order valence-corrected chi connectivity index (χ2v) is 8.34. The normalized spacial score (nSPS) is 17.1. The summed E-state index contributed by atoms with van der Waals surface area (Å²) in [7, 11) is 0. The summed E-state index contributed by atoms with van der Waals surface area (Å²) in [6.45, 7) is 4.04. The van der Waals surface area contributed by atoms with Crippen LogP contribution in [0.3, 0.4) is 0 Å². The van der Waals surface area contributed by atoms with Crippen molar-refractivity contribution < 1.29 is 28.2 Å². The first kappa shape index (κ1) is 22.5. The van der Waals surface area contributed by atoms with Crippen molar-refractivity contribution in [3.63, 3.8) is 0 Å². The number of nitrogens with zero attached hydrogens (tertiary/aromatic N) is 1. The van der Waals surface area contributed by atoms with E-state index >= 15 is 0 Å². The SMILES string of the molecule is Cc1cc(O[C@H](C)C(=O)N2CCCC(C(=O)O)C2)c2c(-c3ccc(F)cc3)cc(=O)oc2c1. The van der Waals surface area contributed by atoms with Gasteiger partial charge in [0, 0.05) is 24.7 Å². The van der Waals surface area contributed by atoms with Crippen LogP contribution in [0.4, 0.5) is 4.39 Å². The molecule has 0 aliphatic carbocycles. The Morgan fingerprint density at radius 1 is 1.21 bits per heavy atom. The fourth-order valence-corrected chi connectivity index (χ4v) is 4.22. The quantitative estimate of drug-likeness (QED) is 0.587. The molecule has 1 unspecified atom stereocenters. The van der Waals surface area contributed by atoms with Crippen molar-refractivity contribution in [2.45, 2.75) is 32.8 Å². The molecular formula is C25H24FNO6. The van der Waals surface area contributed by atoms with Crippen LogP contribution in [-0.2, 0) is 9.59 Å². The van der Waals surface area contributed by atoms with E-state index in [1.165, 1.54) is 23.1 Å². The molecule has 0 radical (unpaired) electrons. The van der Waals surface area contributed by atoms with Crippen molar-refractivity contribution in [2.75, 3.05) is 13.1 Å². The number of likely N-dealkylation sites (tertiary alicyclic amines) is 1. The number of carbonyl (C=O) groups excluding carboxylic acids is 1. The number of carboxylic acid groups (broad SMARTS) is 1. The number of aliphatic carboxylic acids is 1. The first-order valence-corrected chi connectivity index (χ1v) is 10.8. The van der Waals surface area contributed by atoms with Crippen LogP contribution in [0.15, 0.2) is 51.7 Å². The summed E-state index contributed by atoms with van der Waals surface area (Å²) in [5.74, 6) is -1.87. The lowest BCUT2D eigenvalue weighted by Crippen LogP contribution is -2.47. The summed E-state index contributed by atoms with van der Waals surface area (Å²) in [6.07, 6.45) is 0.259. The van der Waals surface area contributed by atoms with Crippen molar-refractivity contribution >= 4 is 22.8 Å². The van der Waals surface area contributed by atoms with Gasteiger partial charge in [-0.25, -0.2) is 9.18 Å². The highest BCUT2D eigenvalue weighted by atomic mass is 19.1. The number of ether oxygens (including phenoxy) is 1. The minimum Gasteiger partial charge on any atom is -0.481 e. The molecule has 0 spiro atoms. The van der Waals surface area contributed by atoms with Gasteiger partial charge in [-0.05, 0) is 62.1 Å². The molecule has 1 N–H and O–H groups in total. The maximum atomic E-state index is 13.5. The Balaban J connectivity index is 1.71. The van der Waals surface area contributed by atoms with E-state index in [1.807, 2.05) is 6.92 Å². The van der Waals surface area contributed by atoms with Gasteiger partial charge in [0.15, 0.2) is 6.10 Å². The summed E-state index contributed by atoms with van der Waals surface area (Å²) >= 11 is 0. The number of aryl methyl sites for hydroxylation is 1. The first-order chi connectivity index (χ1) is 15.7. The summed E-state index contributed by atoms with van der Waals surface area (Å²) in [5, 5.41) is 9.80. The molecule has 1 amide bonds. The smallest absolute Gasteiger partial charge is 0.336 e. The molecule has 1 aromatic heterocycles.